The van der Waals surface area contributed by atoms with Crippen molar-refractivity contribution in [2.24, 2.45) is 10.9 Å². The van der Waals surface area contributed by atoms with Crippen LogP contribution in [0.25, 0.3) is 0 Å². The number of hydrogen-bond donors (Lipinski definition) is 2. The third-order valence-electron chi connectivity index (χ3n) is 3.39. The van der Waals surface area contributed by atoms with Gasteiger partial charge in [0.25, 0.3) is 0 Å². The number of nitrogens with zero attached hydrogens (tertiary/aromatic N) is 1. The summed E-state index contributed by atoms with van der Waals surface area (Å²) in [7, 11) is 4.59. The number of nitrogens with one attached hydrogen (secondary N) is 2. The lowest BCUT2D eigenvalue weighted by molar-refractivity contribution is -0.144. The fourth-order valence-electron chi connectivity index (χ4n) is 2.03. The van der Waals surface area contributed by atoms with Crippen molar-refractivity contribution in [2.45, 2.75) is 20.4 Å². The predicted molar refractivity (Wildman–Crippen MR) is 109 cm³/mol. The summed E-state index contributed by atoms with van der Waals surface area (Å²) < 4.78 is 15.2. The number of carbonyl (C=O) groups excluding carboxylic acids is 1. The summed E-state index contributed by atoms with van der Waals surface area (Å²) in [6, 6.07) is 5.68. The van der Waals surface area contributed by atoms with E-state index in [4.69, 9.17) is 14.2 Å². The predicted octanol–water partition coefficient (Wildman–Crippen LogP) is 2.19. The van der Waals surface area contributed by atoms with Crippen LogP contribution in [0.3, 0.4) is 0 Å². The molecule has 2 N–H and O–H groups in total. The minimum Gasteiger partial charge on any atom is -0.493 e. The van der Waals surface area contributed by atoms with Gasteiger partial charge in [-0.2, -0.15) is 0 Å². The largest absolute Gasteiger partial charge is 0.493 e. The molecule has 1 rings (SSSR count). The van der Waals surface area contributed by atoms with E-state index < -0.39 is 0 Å². The number of rotatable bonds is 8. The average molecular weight is 465 g/mol. The first kappa shape index (κ1) is 23.3. The molecule has 0 aromatic heterocycles. The summed E-state index contributed by atoms with van der Waals surface area (Å²) >= 11 is 0. The fourth-order valence-corrected chi connectivity index (χ4v) is 2.03. The molecule has 1 atom stereocenters. The Morgan fingerprint density at radius 1 is 1.16 bits per heavy atom. The molecule has 7 nitrogen and oxygen atoms in total. The highest BCUT2D eigenvalue weighted by Gasteiger charge is 2.13. The molecule has 1 aromatic carbocycles. The van der Waals surface area contributed by atoms with Gasteiger partial charge < -0.3 is 24.8 Å². The van der Waals surface area contributed by atoms with Gasteiger partial charge in [0.1, 0.15) is 0 Å². The van der Waals surface area contributed by atoms with E-state index in [9.17, 15) is 4.79 Å². The fraction of sp³-hybridized carbons (Fsp3) is 0.529. The van der Waals surface area contributed by atoms with Gasteiger partial charge in [-0.1, -0.05) is 13.0 Å². The number of esters is 1. The maximum absolute atomic E-state index is 11.4. The zero-order chi connectivity index (χ0) is 17.9. The summed E-state index contributed by atoms with van der Waals surface area (Å²) in [6.45, 7) is 5.44. The summed E-state index contributed by atoms with van der Waals surface area (Å²) in [5.74, 6) is 1.49. The maximum Gasteiger partial charge on any atom is 0.310 e. The molecule has 0 spiro atoms. The van der Waals surface area contributed by atoms with Crippen molar-refractivity contribution in [1.29, 1.82) is 0 Å². The van der Waals surface area contributed by atoms with Crippen LogP contribution >= 0.6 is 24.0 Å². The van der Waals surface area contributed by atoms with E-state index >= 15 is 0 Å². The number of ether oxygens (including phenoxy) is 3. The van der Waals surface area contributed by atoms with E-state index in [1.807, 2.05) is 25.1 Å². The van der Waals surface area contributed by atoms with Crippen LogP contribution in [0.1, 0.15) is 19.4 Å². The van der Waals surface area contributed by atoms with Crippen LogP contribution in [0.5, 0.6) is 11.5 Å². The van der Waals surface area contributed by atoms with Crippen LogP contribution in [0.4, 0.5) is 0 Å². The monoisotopic (exact) mass is 465 g/mol. The number of methoxy groups -OCH3 is 3. The molecule has 0 aliphatic rings. The van der Waals surface area contributed by atoms with Crippen LogP contribution in [-0.2, 0) is 16.1 Å². The Balaban J connectivity index is 0.00000576. The van der Waals surface area contributed by atoms with Crippen molar-refractivity contribution in [3.63, 3.8) is 0 Å². The summed E-state index contributed by atoms with van der Waals surface area (Å²) in [5.41, 5.74) is 0.992. The Bertz CT molecular complexity index is 567. The molecule has 1 unspecified atom stereocenters. The van der Waals surface area contributed by atoms with Gasteiger partial charge in [-0.3, -0.25) is 4.79 Å². The highest BCUT2D eigenvalue weighted by Crippen LogP contribution is 2.27. The molecule has 0 aliphatic heterocycles. The van der Waals surface area contributed by atoms with Crippen molar-refractivity contribution in [3.8, 4) is 11.5 Å². The van der Waals surface area contributed by atoms with Crippen molar-refractivity contribution >= 4 is 35.9 Å². The highest BCUT2D eigenvalue weighted by molar-refractivity contribution is 14.0. The SMILES string of the molecule is CCNC(=NCc1ccc(OC)c(OC)c1)NCC(C)C(=O)OC.I. The van der Waals surface area contributed by atoms with Crippen LogP contribution in [0, 0.1) is 5.92 Å². The summed E-state index contributed by atoms with van der Waals surface area (Å²) in [5, 5.41) is 6.29. The van der Waals surface area contributed by atoms with Crippen molar-refractivity contribution < 1.29 is 19.0 Å². The van der Waals surface area contributed by atoms with Crippen molar-refractivity contribution in [1.82, 2.24) is 10.6 Å². The van der Waals surface area contributed by atoms with E-state index in [0.717, 1.165) is 12.1 Å². The minimum absolute atomic E-state index is 0. The molecule has 0 saturated heterocycles. The molecule has 0 radical (unpaired) electrons. The molecule has 142 valence electrons. The zero-order valence-electron chi connectivity index (χ0n) is 15.4. The lowest BCUT2D eigenvalue weighted by Gasteiger charge is -2.14. The Hall–Kier alpha value is -1.71. The number of carbonyl (C=O) groups is 1. The van der Waals surface area contributed by atoms with Gasteiger partial charge in [0.15, 0.2) is 17.5 Å². The third kappa shape index (κ3) is 7.80. The van der Waals surface area contributed by atoms with Gasteiger partial charge in [-0.15, -0.1) is 24.0 Å². The normalized spacial score (nSPS) is 11.8. The van der Waals surface area contributed by atoms with Crippen molar-refractivity contribution in [3.05, 3.63) is 23.8 Å². The van der Waals surface area contributed by atoms with Gasteiger partial charge >= 0.3 is 5.97 Å². The first-order valence-electron chi connectivity index (χ1n) is 7.86. The molecule has 0 aliphatic carbocycles. The average Bonchev–Trinajstić information content (AvgIpc) is 2.62. The number of guanidine groups is 1. The lowest BCUT2D eigenvalue weighted by Crippen LogP contribution is -2.40. The van der Waals surface area contributed by atoms with Crippen molar-refractivity contribution in [2.75, 3.05) is 34.4 Å². The van der Waals surface area contributed by atoms with E-state index in [-0.39, 0.29) is 35.9 Å². The Morgan fingerprint density at radius 3 is 2.40 bits per heavy atom. The molecular weight excluding hydrogens is 437 g/mol. The molecule has 0 bridgehead atoms. The molecule has 8 heteroatoms. The molecule has 1 aromatic rings. The quantitative estimate of drug-likeness (QED) is 0.265. The second-order valence-corrected chi connectivity index (χ2v) is 5.19. The molecule has 25 heavy (non-hydrogen) atoms. The molecule has 0 heterocycles. The lowest BCUT2D eigenvalue weighted by atomic mass is 10.2. The highest BCUT2D eigenvalue weighted by atomic mass is 127. The van der Waals surface area contributed by atoms with Crippen LogP contribution in [0.15, 0.2) is 23.2 Å². The molecule has 0 amide bonds. The molecule has 0 fully saturated rings. The summed E-state index contributed by atoms with van der Waals surface area (Å²) in [6.07, 6.45) is 0. The topological polar surface area (TPSA) is 81.2 Å². The second-order valence-electron chi connectivity index (χ2n) is 5.19. The zero-order valence-corrected chi connectivity index (χ0v) is 17.7. The first-order chi connectivity index (χ1) is 11.5. The maximum atomic E-state index is 11.4. The van der Waals surface area contributed by atoms with Crippen LogP contribution in [-0.4, -0.2) is 46.3 Å². The van der Waals surface area contributed by atoms with E-state index in [1.165, 1.54) is 7.11 Å². The Morgan fingerprint density at radius 2 is 1.84 bits per heavy atom. The Labute approximate surface area is 166 Å². The van der Waals surface area contributed by atoms with Crippen LogP contribution < -0.4 is 20.1 Å². The standard InChI is InChI=1S/C17H27N3O4.HI/c1-6-18-17(19-10-12(2)16(21)24-5)20-11-13-7-8-14(22-3)15(9-13)23-4;/h7-9,12H,6,10-11H2,1-5H3,(H2,18,19,20);1H. The molecule has 0 saturated carbocycles. The number of aliphatic imine (C=N–C) groups is 1. The minimum atomic E-state index is -0.252. The number of hydrogen-bond acceptors (Lipinski definition) is 5. The van der Waals surface area contributed by atoms with Gasteiger partial charge in [0, 0.05) is 13.1 Å². The van der Waals surface area contributed by atoms with Gasteiger partial charge in [-0.25, -0.2) is 4.99 Å². The smallest absolute Gasteiger partial charge is 0.310 e. The second kappa shape index (κ2) is 12.6. The molecular formula is C17H28IN3O4. The number of benzene rings is 1. The van der Waals surface area contributed by atoms with Gasteiger partial charge in [0.05, 0.1) is 33.8 Å². The third-order valence-corrected chi connectivity index (χ3v) is 3.39. The van der Waals surface area contributed by atoms with E-state index in [2.05, 4.69) is 15.6 Å². The Kier molecular flexibility index (Phi) is 11.8. The van der Waals surface area contributed by atoms with E-state index in [1.54, 1.807) is 21.1 Å². The first-order valence-corrected chi connectivity index (χ1v) is 7.86. The van der Waals surface area contributed by atoms with Gasteiger partial charge in [0.2, 0.25) is 0 Å². The van der Waals surface area contributed by atoms with Gasteiger partial charge in [-0.05, 0) is 24.6 Å². The van der Waals surface area contributed by atoms with Crippen LogP contribution in [0.2, 0.25) is 0 Å². The summed E-state index contributed by atoms with van der Waals surface area (Å²) in [4.78, 5) is 16.0. The van der Waals surface area contributed by atoms with E-state index in [0.29, 0.717) is 30.5 Å². The number of halogens is 1.